The van der Waals surface area contributed by atoms with Crippen molar-refractivity contribution in [2.24, 2.45) is 0 Å². The number of aliphatic hydroxyl groups is 1. The summed E-state index contributed by atoms with van der Waals surface area (Å²) in [5, 5.41) is 11.2. The Morgan fingerprint density at radius 2 is 1.76 bits per heavy atom. The molecule has 0 aromatic heterocycles. The van der Waals surface area contributed by atoms with Crippen molar-refractivity contribution in [3.63, 3.8) is 0 Å². The van der Waals surface area contributed by atoms with Crippen molar-refractivity contribution in [1.29, 1.82) is 0 Å². The summed E-state index contributed by atoms with van der Waals surface area (Å²) in [5.41, 5.74) is 1.53. The lowest BCUT2D eigenvalue weighted by Gasteiger charge is -2.34. The van der Waals surface area contributed by atoms with Crippen LogP contribution < -0.4 is 9.47 Å². The number of ether oxygens (including phenoxy) is 3. The first-order chi connectivity index (χ1) is 17.8. The van der Waals surface area contributed by atoms with E-state index in [2.05, 4.69) is 20.8 Å². The van der Waals surface area contributed by atoms with Gasteiger partial charge in [-0.3, -0.25) is 9.69 Å². The van der Waals surface area contributed by atoms with Gasteiger partial charge in [0.15, 0.2) is 11.5 Å². The van der Waals surface area contributed by atoms with Gasteiger partial charge in [0.25, 0.3) is 5.91 Å². The maximum absolute atomic E-state index is 13.9. The molecule has 0 radical (unpaired) electrons. The molecular weight excluding hydrogens is 564 g/mol. The van der Waals surface area contributed by atoms with Gasteiger partial charge in [0.1, 0.15) is 0 Å². The van der Waals surface area contributed by atoms with Gasteiger partial charge in [-0.15, -0.1) is 0 Å². The first-order valence-electron chi connectivity index (χ1n) is 11.7. The minimum Gasteiger partial charge on any atom is -0.493 e. The first-order valence-corrected chi connectivity index (χ1v) is 12.9. The molecule has 1 fully saturated rings. The zero-order valence-electron chi connectivity index (χ0n) is 20.8. The maximum atomic E-state index is 13.9. The van der Waals surface area contributed by atoms with Gasteiger partial charge in [0.05, 0.1) is 43.5 Å². The quantitative estimate of drug-likeness (QED) is 0.406. The molecule has 1 heterocycles. The molecule has 0 spiro atoms. The van der Waals surface area contributed by atoms with Gasteiger partial charge in [-0.1, -0.05) is 17.7 Å². The average Bonchev–Trinajstić information content (AvgIpc) is 2.91. The molecule has 0 aliphatic carbocycles. The SMILES string of the molecule is COC(=O)c1c(C(=O)N2CCN(CCO)CC2)cc2ccc(Cl)cc2c1-c1cc(Br)c(OC)c(OC)c1. The topological polar surface area (TPSA) is 88.5 Å². The molecule has 0 bridgehead atoms. The van der Waals surface area contributed by atoms with Crippen LogP contribution in [-0.4, -0.2) is 87.4 Å². The van der Waals surface area contributed by atoms with Crippen molar-refractivity contribution >= 4 is 50.2 Å². The Hall–Kier alpha value is -2.85. The lowest BCUT2D eigenvalue weighted by atomic mass is 9.88. The monoisotopic (exact) mass is 590 g/mol. The molecule has 1 amide bonds. The number of esters is 1. The molecule has 10 heteroatoms. The molecule has 0 saturated carbocycles. The summed E-state index contributed by atoms with van der Waals surface area (Å²) in [7, 11) is 4.36. The van der Waals surface area contributed by atoms with Crippen LogP contribution in [0.3, 0.4) is 0 Å². The van der Waals surface area contributed by atoms with Crippen LogP contribution in [0.1, 0.15) is 20.7 Å². The molecule has 37 heavy (non-hydrogen) atoms. The van der Waals surface area contributed by atoms with Gasteiger partial charge >= 0.3 is 5.97 Å². The molecule has 1 aliphatic heterocycles. The zero-order valence-corrected chi connectivity index (χ0v) is 23.2. The van der Waals surface area contributed by atoms with Gasteiger partial charge < -0.3 is 24.2 Å². The number of benzene rings is 3. The first kappa shape index (κ1) is 27.2. The zero-order chi connectivity index (χ0) is 26.7. The second-order valence-corrected chi connectivity index (χ2v) is 9.87. The van der Waals surface area contributed by atoms with Crippen LogP contribution in [0.2, 0.25) is 5.02 Å². The Kier molecular flexibility index (Phi) is 8.59. The van der Waals surface area contributed by atoms with E-state index in [-0.39, 0.29) is 23.6 Å². The van der Waals surface area contributed by atoms with E-state index < -0.39 is 5.97 Å². The fourth-order valence-electron chi connectivity index (χ4n) is 4.70. The minimum absolute atomic E-state index is 0.0674. The number of carbonyl (C=O) groups is 2. The van der Waals surface area contributed by atoms with Gasteiger partial charge in [-0.2, -0.15) is 0 Å². The molecule has 1 saturated heterocycles. The predicted molar refractivity (Wildman–Crippen MR) is 146 cm³/mol. The highest BCUT2D eigenvalue weighted by Gasteiger charge is 2.30. The summed E-state index contributed by atoms with van der Waals surface area (Å²) < 4.78 is 16.8. The van der Waals surface area contributed by atoms with Crippen molar-refractivity contribution < 1.29 is 28.9 Å². The van der Waals surface area contributed by atoms with Crippen molar-refractivity contribution in [3.8, 4) is 22.6 Å². The molecule has 4 rings (SSSR count). The number of rotatable bonds is 7. The molecule has 1 N–H and O–H groups in total. The third-order valence-electron chi connectivity index (χ3n) is 6.52. The highest BCUT2D eigenvalue weighted by atomic mass is 79.9. The van der Waals surface area contributed by atoms with Crippen LogP contribution >= 0.6 is 27.5 Å². The number of nitrogens with zero attached hydrogens (tertiary/aromatic N) is 2. The van der Waals surface area contributed by atoms with E-state index in [4.69, 9.17) is 25.8 Å². The van der Waals surface area contributed by atoms with Crippen LogP contribution in [0, 0.1) is 0 Å². The molecule has 3 aromatic carbocycles. The van der Waals surface area contributed by atoms with Crippen LogP contribution in [0.4, 0.5) is 0 Å². The number of hydrogen-bond acceptors (Lipinski definition) is 7. The van der Waals surface area contributed by atoms with Gasteiger partial charge in [0, 0.05) is 43.3 Å². The number of fused-ring (bicyclic) bond motifs is 1. The number of β-amino-alcohol motifs (C(OH)–C–C–N with tert-alkyl or cyclic N) is 1. The maximum Gasteiger partial charge on any atom is 0.339 e. The van der Waals surface area contributed by atoms with E-state index >= 15 is 0 Å². The number of halogens is 2. The molecule has 196 valence electrons. The number of carbonyl (C=O) groups excluding carboxylic acids is 2. The third-order valence-corrected chi connectivity index (χ3v) is 7.35. The summed E-state index contributed by atoms with van der Waals surface area (Å²) in [6.45, 7) is 2.87. The lowest BCUT2D eigenvalue weighted by molar-refractivity contribution is 0.0567. The standard InChI is InChI=1S/C27H28BrClN2O6/c1-35-22-14-17(13-21(28)25(22)36-2)23-19-15-18(29)5-4-16(19)12-20(24(23)27(34)37-3)26(33)31-8-6-30(7-9-31)10-11-32/h4-5,12-15,32H,6-11H2,1-3H3. The van der Waals surface area contributed by atoms with Crippen LogP contribution in [0.15, 0.2) is 40.9 Å². The van der Waals surface area contributed by atoms with Crippen LogP contribution in [-0.2, 0) is 4.74 Å². The van der Waals surface area contributed by atoms with Gasteiger partial charge in [0.2, 0.25) is 0 Å². The highest BCUT2D eigenvalue weighted by molar-refractivity contribution is 9.10. The van der Waals surface area contributed by atoms with Gasteiger partial charge in [-0.25, -0.2) is 4.79 Å². The van der Waals surface area contributed by atoms with Crippen LogP contribution in [0.25, 0.3) is 21.9 Å². The lowest BCUT2D eigenvalue weighted by Crippen LogP contribution is -2.49. The summed E-state index contributed by atoms with van der Waals surface area (Å²) >= 11 is 9.91. The summed E-state index contributed by atoms with van der Waals surface area (Å²) in [6.07, 6.45) is 0. The van der Waals surface area contributed by atoms with E-state index in [0.717, 1.165) is 5.39 Å². The van der Waals surface area contributed by atoms with E-state index in [1.807, 2.05) is 12.1 Å². The van der Waals surface area contributed by atoms with Crippen molar-refractivity contribution in [3.05, 3.63) is 57.0 Å². The second kappa shape index (κ2) is 11.7. The summed E-state index contributed by atoms with van der Waals surface area (Å²) in [5.74, 6) is 0.0579. The fraction of sp³-hybridized carbons (Fsp3) is 0.333. The van der Waals surface area contributed by atoms with Crippen molar-refractivity contribution in [1.82, 2.24) is 9.80 Å². The number of aliphatic hydroxyl groups excluding tert-OH is 1. The van der Waals surface area contributed by atoms with E-state index in [0.29, 0.717) is 70.2 Å². The summed E-state index contributed by atoms with van der Waals surface area (Å²) in [6, 6.07) is 10.6. The molecule has 0 unspecified atom stereocenters. The predicted octanol–water partition coefficient (Wildman–Crippen LogP) is 4.48. The fourth-order valence-corrected chi connectivity index (χ4v) is 5.48. The highest BCUT2D eigenvalue weighted by Crippen LogP contribution is 2.43. The molecule has 1 aliphatic rings. The van der Waals surface area contributed by atoms with E-state index in [9.17, 15) is 14.7 Å². The molecular formula is C27H28BrClN2O6. The molecule has 8 nitrogen and oxygen atoms in total. The Labute approximate surface area is 228 Å². The number of hydrogen-bond donors (Lipinski definition) is 1. The summed E-state index contributed by atoms with van der Waals surface area (Å²) in [4.78, 5) is 31.0. The van der Waals surface area contributed by atoms with Gasteiger partial charge in [-0.05, 0) is 62.6 Å². The van der Waals surface area contributed by atoms with Crippen LogP contribution in [0.5, 0.6) is 11.5 Å². The number of piperazine rings is 1. The third kappa shape index (κ3) is 5.40. The average molecular weight is 592 g/mol. The number of amides is 1. The Morgan fingerprint density at radius 1 is 1.03 bits per heavy atom. The largest absolute Gasteiger partial charge is 0.493 e. The van der Waals surface area contributed by atoms with E-state index in [1.165, 1.54) is 21.3 Å². The Morgan fingerprint density at radius 3 is 2.38 bits per heavy atom. The second-order valence-electron chi connectivity index (χ2n) is 8.58. The molecule has 3 aromatic rings. The number of methoxy groups -OCH3 is 3. The van der Waals surface area contributed by atoms with E-state index in [1.54, 1.807) is 29.2 Å². The Bertz CT molecular complexity index is 1340. The molecule has 0 atom stereocenters. The Balaban J connectivity index is 1.96. The van der Waals surface area contributed by atoms with Crippen molar-refractivity contribution in [2.75, 3.05) is 60.7 Å². The van der Waals surface area contributed by atoms with Crippen molar-refractivity contribution in [2.45, 2.75) is 0 Å². The minimum atomic E-state index is -0.634. The normalized spacial score (nSPS) is 14.1. The smallest absolute Gasteiger partial charge is 0.339 e.